The summed E-state index contributed by atoms with van der Waals surface area (Å²) in [5.41, 5.74) is 2.32. The van der Waals surface area contributed by atoms with Crippen LogP contribution in [0.3, 0.4) is 0 Å². The number of aryl methyl sites for hydroxylation is 1. The number of para-hydroxylation sites is 1. The Balaban J connectivity index is 2.42. The van der Waals surface area contributed by atoms with Crippen molar-refractivity contribution in [3.05, 3.63) is 64.1 Å². The predicted octanol–water partition coefficient (Wildman–Crippen LogP) is 3.86. The molecule has 1 atom stereocenters. The maximum absolute atomic E-state index is 13.6. The maximum atomic E-state index is 13.6. The zero-order valence-electron chi connectivity index (χ0n) is 19.5. The third-order valence-corrected chi connectivity index (χ3v) is 7.01. The number of carbonyl (C=O) groups excluding carboxylic acids is 2. The van der Waals surface area contributed by atoms with E-state index in [2.05, 4.69) is 21.2 Å². The number of hydrogen-bond donors (Lipinski definition) is 1. The molecule has 2 amide bonds. The molecule has 2 aromatic rings. The van der Waals surface area contributed by atoms with Gasteiger partial charge < -0.3 is 10.2 Å². The first kappa shape index (κ1) is 26.9. The molecule has 2 aromatic carbocycles. The molecule has 0 radical (unpaired) electrons. The van der Waals surface area contributed by atoms with E-state index in [1.807, 2.05) is 45.0 Å². The van der Waals surface area contributed by atoms with Crippen LogP contribution in [0.4, 0.5) is 5.69 Å². The first-order valence-electron chi connectivity index (χ1n) is 10.9. The van der Waals surface area contributed by atoms with Crippen molar-refractivity contribution in [2.45, 2.75) is 46.2 Å². The zero-order chi connectivity index (χ0) is 24.6. The molecule has 1 N–H and O–H groups in total. The summed E-state index contributed by atoms with van der Waals surface area (Å²) >= 11 is 3.38. The lowest BCUT2D eigenvalue weighted by molar-refractivity contribution is -0.140. The molecule has 9 heteroatoms. The second-order valence-corrected chi connectivity index (χ2v) is 10.7. The largest absolute Gasteiger partial charge is 0.354 e. The van der Waals surface area contributed by atoms with Gasteiger partial charge in [0.15, 0.2) is 0 Å². The second kappa shape index (κ2) is 12.2. The quantitative estimate of drug-likeness (QED) is 0.471. The second-order valence-electron chi connectivity index (χ2n) is 7.94. The Hall–Kier alpha value is -2.39. The third kappa shape index (κ3) is 7.57. The normalized spacial score (nSPS) is 12.2. The highest BCUT2D eigenvalue weighted by Gasteiger charge is 2.32. The van der Waals surface area contributed by atoms with Gasteiger partial charge in [0.2, 0.25) is 21.8 Å². The summed E-state index contributed by atoms with van der Waals surface area (Å²) in [5.74, 6) is -0.693. The molecule has 0 fully saturated rings. The minimum Gasteiger partial charge on any atom is -0.354 e. The lowest BCUT2D eigenvalue weighted by Gasteiger charge is -2.33. The van der Waals surface area contributed by atoms with Gasteiger partial charge in [0, 0.05) is 17.6 Å². The van der Waals surface area contributed by atoms with Crippen LogP contribution < -0.4 is 9.62 Å². The van der Waals surface area contributed by atoms with E-state index in [4.69, 9.17) is 0 Å². The molecular formula is C24H32BrN3O4S. The van der Waals surface area contributed by atoms with Crippen molar-refractivity contribution in [1.82, 2.24) is 10.2 Å². The van der Waals surface area contributed by atoms with Crippen molar-refractivity contribution in [3.63, 3.8) is 0 Å². The van der Waals surface area contributed by atoms with Crippen molar-refractivity contribution >= 4 is 43.5 Å². The lowest BCUT2D eigenvalue weighted by atomic mass is 10.1. The molecule has 0 aliphatic carbocycles. The number of halogens is 1. The minimum atomic E-state index is -3.76. The van der Waals surface area contributed by atoms with Crippen LogP contribution in [0, 0.1) is 6.92 Å². The van der Waals surface area contributed by atoms with Gasteiger partial charge in [-0.1, -0.05) is 55.8 Å². The fourth-order valence-electron chi connectivity index (χ4n) is 3.42. The Labute approximate surface area is 205 Å². The number of benzene rings is 2. The number of anilines is 1. The molecule has 0 spiro atoms. The number of carbonyl (C=O) groups is 2. The molecule has 180 valence electrons. The fraction of sp³-hybridized carbons (Fsp3) is 0.417. The molecule has 0 heterocycles. The van der Waals surface area contributed by atoms with Gasteiger partial charge in [0.25, 0.3) is 0 Å². The average Bonchev–Trinajstić information content (AvgIpc) is 2.77. The highest BCUT2D eigenvalue weighted by atomic mass is 79.9. The summed E-state index contributed by atoms with van der Waals surface area (Å²) in [6.45, 7) is 6.07. The van der Waals surface area contributed by atoms with Crippen LogP contribution in [-0.2, 0) is 26.2 Å². The molecular weight excluding hydrogens is 506 g/mol. The van der Waals surface area contributed by atoms with Gasteiger partial charge >= 0.3 is 0 Å². The van der Waals surface area contributed by atoms with Crippen molar-refractivity contribution in [2.75, 3.05) is 23.7 Å². The highest BCUT2D eigenvalue weighted by Crippen LogP contribution is 2.28. The van der Waals surface area contributed by atoms with Gasteiger partial charge in [-0.15, -0.1) is 0 Å². The molecule has 33 heavy (non-hydrogen) atoms. The zero-order valence-corrected chi connectivity index (χ0v) is 21.9. The van der Waals surface area contributed by atoms with Gasteiger partial charge in [-0.2, -0.15) is 0 Å². The molecule has 0 saturated carbocycles. The monoisotopic (exact) mass is 537 g/mol. The lowest BCUT2D eigenvalue weighted by Crippen LogP contribution is -2.52. The standard InChI is InChI=1S/C24H32BrN3O4S/c1-5-15-26-24(30)21(6-2)27(16-19-13-11-18(3)12-14-19)23(29)17-28(33(4,31)32)22-10-8-7-9-20(22)25/h7-14,21H,5-6,15-17H2,1-4H3,(H,26,30). The van der Waals surface area contributed by atoms with E-state index in [9.17, 15) is 18.0 Å². The van der Waals surface area contributed by atoms with E-state index < -0.39 is 28.5 Å². The van der Waals surface area contributed by atoms with Gasteiger partial charge in [-0.3, -0.25) is 13.9 Å². The smallest absolute Gasteiger partial charge is 0.244 e. The van der Waals surface area contributed by atoms with Crippen molar-refractivity contribution in [3.8, 4) is 0 Å². The summed E-state index contributed by atoms with van der Waals surface area (Å²) in [6.07, 6.45) is 2.24. The number of amides is 2. The first-order chi connectivity index (χ1) is 15.6. The van der Waals surface area contributed by atoms with Crippen molar-refractivity contribution in [2.24, 2.45) is 0 Å². The molecule has 0 saturated heterocycles. The predicted molar refractivity (Wildman–Crippen MR) is 135 cm³/mol. The van der Waals surface area contributed by atoms with E-state index in [0.717, 1.165) is 28.1 Å². The van der Waals surface area contributed by atoms with E-state index in [-0.39, 0.29) is 12.5 Å². The van der Waals surface area contributed by atoms with Crippen LogP contribution in [0.1, 0.15) is 37.8 Å². The number of nitrogens with one attached hydrogen (secondary N) is 1. The summed E-state index contributed by atoms with van der Waals surface area (Å²) in [7, 11) is -3.76. The molecule has 0 aromatic heterocycles. The van der Waals surface area contributed by atoms with Gasteiger partial charge in [-0.25, -0.2) is 8.42 Å². The van der Waals surface area contributed by atoms with Crippen LogP contribution in [0.2, 0.25) is 0 Å². The Morgan fingerprint density at radius 3 is 2.24 bits per heavy atom. The molecule has 0 aliphatic heterocycles. The molecule has 0 bridgehead atoms. The molecule has 7 nitrogen and oxygen atoms in total. The van der Waals surface area contributed by atoms with Crippen LogP contribution in [-0.4, -0.2) is 50.5 Å². The van der Waals surface area contributed by atoms with Crippen LogP contribution in [0.5, 0.6) is 0 Å². The first-order valence-corrected chi connectivity index (χ1v) is 13.6. The summed E-state index contributed by atoms with van der Waals surface area (Å²) in [4.78, 5) is 27.9. The van der Waals surface area contributed by atoms with Gasteiger partial charge in [0.1, 0.15) is 12.6 Å². The van der Waals surface area contributed by atoms with Crippen LogP contribution in [0.25, 0.3) is 0 Å². The van der Waals surface area contributed by atoms with E-state index >= 15 is 0 Å². The van der Waals surface area contributed by atoms with E-state index in [1.54, 1.807) is 24.3 Å². The van der Waals surface area contributed by atoms with Crippen molar-refractivity contribution < 1.29 is 18.0 Å². The molecule has 1 unspecified atom stereocenters. The molecule has 2 rings (SSSR count). The SMILES string of the molecule is CCCNC(=O)C(CC)N(Cc1ccc(C)cc1)C(=O)CN(c1ccccc1Br)S(C)(=O)=O. The third-order valence-electron chi connectivity index (χ3n) is 5.21. The Morgan fingerprint density at radius 2 is 1.70 bits per heavy atom. The Bertz CT molecular complexity index is 1060. The maximum Gasteiger partial charge on any atom is 0.244 e. The molecule has 0 aliphatic rings. The van der Waals surface area contributed by atoms with E-state index in [1.165, 1.54) is 4.90 Å². The number of sulfonamides is 1. The minimum absolute atomic E-state index is 0.199. The fourth-order valence-corrected chi connectivity index (χ4v) is 4.90. The topological polar surface area (TPSA) is 86.8 Å². The Morgan fingerprint density at radius 1 is 1.06 bits per heavy atom. The highest BCUT2D eigenvalue weighted by molar-refractivity contribution is 9.10. The van der Waals surface area contributed by atoms with E-state index in [0.29, 0.717) is 23.1 Å². The summed E-state index contributed by atoms with van der Waals surface area (Å²) in [6, 6.07) is 13.8. The van der Waals surface area contributed by atoms with Crippen LogP contribution >= 0.6 is 15.9 Å². The van der Waals surface area contributed by atoms with Crippen molar-refractivity contribution in [1.29, 1.82) is 0 Å². The van der Waals surface area contributed by atoms with Gasteiger partial charge in [-0.05, 0) is 53.4 Å². The number of nitrogens with zero attached hydrogens (tertiary/aromatic N) is 2. The Kier molecular flexibility index (Phi) is 9.91. The summed E-state index contributed by atoms with van der Waals surface area (Å²) in [5, 5.41) is 2.87. The summed E-state index contributed by atoms with van der Waals surface area (Å²) < 4.78 is 26.8. The average molecular weight is 539 g/mol. The number of rotatable bonds is 11. The number of hydrogen-bond acceptors (Lipinski definition) is 4. The van der Waals surface area contributed by atoms with Crippen LogP contribution in [0.15, 0.2) is 53.0 Å². The van der Waals surface area contributed by atoms with Gasteiger partial charge in [0.05, 0.1) is 11.9 Å².